The molecule has 0 heterocycles. The molecule has 2 amide bonds. The quantitative estimate of drug-likeness (QED) is 0.360. The predicted molar refractivity (Wildman–Crippen MR) is 115 cm³/mol. The molecule has 0 bridgehead atoms. The Balaban J connectivity index is 1.48. The van der Waals surface area contributed by atoms with Gasteiger partial charge in [-0.25, -0.2) is 5.43 Å². The number of hydrogen-bond acceptors (Lipinski definition) is 5. The van der Waals surface area contributed by atoms with E-state index in [1.807, 2.05) is 30.3 Å². The molecule has 2 N–H and O–H groups in total. The van der Waals surface area contributed by atoms with Crippen LogP contribution in [0.1, 0.15) is 11.1 Å². The maximum atomic E-state index is 12.0. The smallest absolute Gasteiger partial charge is 0.329 e. The normalized spacial score (nSPS) is 10.4. The molecule has 0 aromatic heterocycles. The topological polar surface area (TPSA) is 89.0 Å². The second kappa shape index (κ2) is 10.4. The van der Waals surface area contributed by atoms with E-state index in [0.717, 1.165) is 16.9 Å². The van der Waals surface area contributed by atoms with Gasteiger partial charge in [0.2, 0.25) is 0 Å². The Morgan fingerprint density at radius 1 is 0.900 bits per heavy atom. The van der Waals surface area contributed by atoms with Gasteiger partial charge in [-0.2, -0.15) is 5.10 Å². The zero-order valence-corrected chi connectivity index (χ0v) is 16.4. The van der Waals surface area contributed by atoms with E-state index in [0.29, 0.717) is 18.0 Å². The van der Waals surface area contributed by atoms with Gasteiger partial charge in [0.15, 0.2) is 0 Å². The van der Waals surface area contributed by atoms with Gasteiger partial charge >= 0.3 is 11.8 Å². The number of hydrogen-bond donors (Lipinski definition) is 2. The summed E-state index contributed by atoms with van der Waals surface area (Å²) in [5.74, 6) is -0.561. The van der Waals surface area contributed by atoms with Gasteiger partial charge in [-0.05, 0) is 47.5 Å². The van der Waals surface area contributed by atoms with Crippen molar-refractivity contribution in [2.75, 3.05) is 12.4 Å². The van der Waals surface area contributed by atoms with Crippen molar-refractivity contribution in [3.05, 3.63) is 90.0 Å². The van der Waals surface area contributed by atoms with Crippen molar-refractivity contribution in [2.24, 2.45) is 5.10 Å². The fourth-order valence-corrected chi connectivity index (χ4v) is 2.53. The highest BCUT2D eigenvalue weighted by Gasteiger charge is 2.14. The van der Waals surface area contributed by atoms with Gasteiger partial charge in [-0.1, -0.05) is 42.5 Å². The number of nitrogens with zero attached hydrogens (tertiary/aromatic N) is 1. The van der Waals surface area contributed by atoms with Crippen LogP contribution < -0.4 is 20.2 Å². The summed E-state index contributed by atoms with van der Waals surface area (Å²) in [6.45, 7) is 0.478. The number of carbonyl (C=O) groups excluding carboxylic acids is 2. The van der Waals surface area contributed by atoms with Gasteiger partial charge in [0.25, 0.3) is 0 Å². The van der Waals surface area contributed by atoms with Crippen LogP contribution in [0, 0.1) is 0 Å². The number of ether oxygens (including phenoxy) is 2. The molecular weight excluding hydrogens is 382 g/mol. The zero-order chi connectivity index (χ0) is 21.2. The number of nitrogens with one attached hydrogen (secondary N) is 2. The molecule has 3 aromatic carbocycles. The third-order valence-corrected chi connectivity index (χ3v) is 4.07. The molecule has 0 saturated heterocycles. The number of rotatable bonds is 7. The summed E-state index contributed by atoms with van der Waals surface area (Å²) in [5, 5.41) is 6.29. The Bertz CT molecular complexity index is 1020. The molecule has 0 saturated carbocycles. The molecule has 0 aliphatic rings. The Labute approximate surface area is 174 Å². The number of carbonyl (C=O) groups is 2. The van der Waals surface area contributed by atoms with Crippen molar-refractivity contribution in [1.29, 1.82) is 0 Å². The summed E-state index contributed by atoms with van der Waals surface area (Å²) in [5.41, 5.74) is 4.42. The molecule has 0 radical (unpaired) electrons. The number of benzene rings is 3. The number of methoxy groups -OCH3 is 1. The average Bonchev–Trinajstić information content (AvgIpc) is 2.79. The molecule has 0 aliphatic heterocycles. The van der Waals surface area contributed by atoms with Crippen molar-refractivity contribution in [1.82, 2.24) is 5.43 Å². The Hall–Kier alpha value is -4.13. The Morgan fingerprint density at radius 2 is 1.60 bits per heavy atom. The minimum absolute atomic E-state index is 0.398. The average molecular weight is 403 g/mol. The second-order valence-electron chi connectivity index (χ2n) is 6.20. The highest BCUT2D eigenvalue weighted by molar-refractivity contribution is 6.39. The first-order valence-corrected chi connectivity index (χ1v) is 9.20. The van der Waals surface area contributed by atoms with Crippen molar-refractivity contribution in [2.45, 2.75) is 6.61 Å². The summed E-state index contributed by atoms with van der Waals surface area (Å²) in [6.07, 6.45) is 1.44. The zero-order valence-electron chi connectivity index (χ0n) is 16.4. The van der Waals surface area contributed by atoms with E-state index in [-0.39, 0.29) is 0 Å². The molecule has 7 nitrogen and oxygen atoms in total. The van der Waals surface area contributed by atoms with Crippen molar-refractivity contribution in [3.63, 3.8) is 0 Å². The SMILES string of the molecule is COc1ccccc1NC(=O)C(=O)N/N=C\c1ccc(OCc2ccccc2)cc1. The van der Waals surface area contributed by atoms with Crippen molar-refractivity contribution in [3.8, 4) is 11.5 Å². The highest BCUT2D eigenvalue weighted by atomic mass is 16.5. The molecule has 0 atom stereocenters. The lowest BCUT2D eigenvalue weighted by Gasteiger charge is -2.08. The first-order valence-electron chi connectivity index (χ1n) is 9.20. The standard InChI is InChI=1S/C23H21N3O4/c1-29-21-10-6-5-9-20(21)25-22(27)23(28)26-24-15-17-11-13-19(14-12-17)30-16-18-7-3-2-4-8-18/h2-15H,16H2,1H3,(H,25,27)(H,26,28)/b24-15-. The molecule has 30 heavy (non-hydrogen) atoms. The number of para-hydroxylation sites is 2. The van der Waals surface area contributed by atoms with Gasteiger partial charge in [0.1, 0.15) is 18.1 Å². The van der Waals surface area contributed by atoms with Gasteiger partial charge < -0.3 is 14.8 Å². The summed E-state index contributed by atoms with van der Waals surface area (Å²) < 4.78 is 10.8. The lowest BCUT2D eigenvalue weighted by atomic mass is 10.2. The fraction of sp³-hybridized carbons (Fsp3) is 0.0870. The van der Waals surface area contributed by atoms with Crippen LogP contribution in [0.5, 0.6) is 11.5 Å². The van der Waals surface area contributed by atoms with E-state index in [4.69, 9.17) is 9.47 Å². The van der Waals surface area contributed by atoms with E-state index in [9.17, 15) is 9.59 Å². The maximum absolute atomic E-state index is 12.0. The molecule has 0 unspecified atom stereocenters. The summed E-state index contributed by atoms with van der Waals surface area (Å²) >= 11 is 0. The van der Waals surface area contributed by atoms with E-state index < -0.39 is 11.8 Å². The lowest BCUT2D eigenvalue weighted by Crippen LogP contribution is -2.32. The van der Waals surface area contributed by atoms with Crippen LogP contribution in [-0.4, -0.2) is 25.1 Å². The van der Waals surface area contributed by atoms with E-state index in [1.165, 1.54) is 13.3 Å². The van der Waals surface area contributed by atoms with Crippen molar-refractivity contribution >= 4 is 23.7 Å². The first kappa shape index (κ1) is 20.6. The van der Waals surface area contributed by atoms with Gasteiger partial charge in [-0.15, -0.1) is 0 Å². The van der Waals surface area contributed by atoms with E-state index in [2.05, 4.69) is 15.8 Å². The molecule has 7 heteroatoms. The fourth-order valence-electron chi connectivity index (χ4n) is 2.53. The number of anilines is 1. The summed E-state index contributed by atoms with van der Waals surface area (Å²) in [4.78, 5) is 23.9. The van der Waals surface area contributed by atoms with Crippen LogP contribution >= 0.6 is 0 Å². The largest absolute Gasteiger partial charge is 0.495 e. The first-order chi connectivity index (χ1) is 14.7. The molecule has 3 rings (SSSR count). The maximum Gasteiger partial charge on any atom is 0.329 e. The molecule has 3 aromatic rings. The summed E-state index contributed by atoms with van der Waals surface area (Å²) in [6, 6.07) is 23.9. The minimum Gasteiger partial charge on any atom is -0.495 e. The van der Waals surface area contributed by atoms with E-state index in [1.54, 1.807) is 48.5 Å². The van der Waals surface area contributed by atoms with Crippen LogP contribution in [0.25, 0.3) is 0 Å². The highest BCUT2D eigenvalue weighted by Crippen LogP contribution is 2.22. The van der Waals surface area contributed by atoms with Crippen LogP contribution in [0.15, 0.2) is 84.0 Å². The van der Waals surface area contributed by atoms with Gasteiger partial charge in [0, 0.05) is 0 Å². The van der Waals surface area contributed by atoms with Gasteiger partial charge in [0.05, 0.1) is 19.0 Å². The predicted octanol–water partition coefficient (Wildman–Crippen LogP) is 3.36. The van der Waals surface area contributed by atoms with Crippen LogP contribution in [0.4, 0.5) is 5.69 Å². The van der Waals surface area contributed by atoms with Crippen LogP contribution in [0.3, 0.4) is 0 Å². The Kier molecular flexibility index (Phi) is 7.16. The van der Waals surface area contributed by atoms with Crippen LogP contribution in [-0.2, 0) is 16.2 Å². The molecule has 0 fully saturated rings. The molecule has 152 valence electrons. The van der Waals surface area contributed by atoms with Crippen LogP contribution in [0.2, 0.25) is 0 Å². The van der Waals surface area contributed by atoms with E-state index >= 15 is 0 Å². The second-order valence-corrected chi connectivity index (χ2v) is 6.20. The number of amides is 2. The molecule has 0 aliphatic carbocycles. The number of hydrazone groups is 1. The molecular formula is C23H21N3O4. The van der Waals surface area contributed by atoms with Gasteiger partial charge in [-0.3, -0.25) is 9.59 Å². The Morgan fingerprint density at radius 3 is 2.33 bits per heavy atom. The lowest BCUT2D eigenvalue weighted by molar-refractivity contribution is -0.136. The minimum atomic E-state index is -0.889. The monoisotopic (exact) mass is 403 g/mol. The summed E-state index contributed by atoms with van der Waals surface area (Å²) in [7, 11) is 1.48. The molecule has 0 spiro atoms. The third kappa shape index (κ3) is 5.93. The van der Waals surface area contributed by atoms with Crippen molar-refractivity contribution < 1.29 is 19.1 Å². The third-order valence-electron chi connectivity index (χ3n) is 4.07.